The van der Waals surface area contributed by atoms with Crippen molar-refractivity contribution in [3.63, 3.8) is 0 Å². The van der Waals surface area contributed by atoms with Gasteiger partial charge in [0.05, 0.1) is 22.5 Å². The van der Waals surface area contributed by atoms with Gasteiger partial charge >= 0.3 is 0 Å². The van der Waals surface area contributed by atoms with Crippen LogP contribution >= 0.6 is 15.9 Å². The van der Waals surface area contributed by atoms with Crippen LogP contribution in [0.25, 0.3) is 0 Å². The minimum atomic E-state index is -0.0489. The first kappa shape index (κ1) is 14.3. The largest absolute Gasteiger partial charge is 0.397 e. The lowest BCUT2D eigenvalue weighted by Gasteiger charge is -2.22. The summed E-state index contributed by atoms with van der Waals surface area (Å²) >= 11 is 3.32. The number of nitrogens with zero attached hydrogens (tertiary/aromatic N) is 1. The molecular weight excluding hydrogens is 310 g/mol. The van der Waals surface area contributed by atoms with Gasteiger partial charge in [-0.1, -0.05) is 0 Å². The number of carbonyl (C=O) groups is 1. The highest BCUT2D eigenvalue weighted by atomic mass is 79.9. The zero-order valence-electron chi connectivity index (χ0n) is 10.7. The Morgan fingerprint density at radius 2 is 2.42 bits per heavy atom. The van der Waals surface area contributed by atoms with Crippen LogP contribution in [-0.4, -0.2) is 23.6 Å². The SMILES string of the molecule is Nc1cnc(NC(=O)CCC2CCCCO2)c(Br)c1. The van der Waals surface area contributed by atoms with E-state index in [2.05, 4.69) is 26.2 Å². The van der Waals surface area contributed by atoms with E-state index in [0.717, 1.165) is 25.9 Å². The molecule has 1 amide bonds. The number of rotatable bonds is 4. The van der Waals surface area contributed by atoms with E-state index in [1.54, 1.807) is 6.07 Å². The van der Waals surface area contributed by atoms with Crippen molar-refractivity contribution in [2.75, 3.05) is 17.7 Å². The van der Waals surface area contributed by atoms with E-state index < -0.39 is 0 Å². The Balaban J connectivity index is 1.80. The first-order valence-electron chi connectivity index (χ1n) is 6.47. The molecule has 1 fully saturated rings. The standard InChI is InChI=1S/C13H18BrN3O2/c14-11-7-9(15)8-16-13(11)17-12(18)5-4-10-3-1-2-6-19-10/h7-8,10H,1-6,15H2,(H,16,17,18). The number of aromatic nitrogens is 1. The summed E-state index contributed by atoms with van der Waals surface area (Å²) in [7, 11) is 0. The van der Waals surface area contributed by atoms with Crippen molar-refractivity contribution >= 4 is 33.3 Å². The van der Waals surface area contributed by atoms with Crippen molar-refractivity contribution < 1.29 is 9.53 Å². The van der Waals surface area contributed by atoms with Crippen LogP contribution < -0.4 is 11.1 Å². The number of carbonyl (C=O) groups excluding carboxylic acids is 1. The van der Waals surface area contributed by atoms with E-state index in [0.29, 0.717) is 22.4 Å². The quantitative estimate of drug-likeness (QED) is 0.891. The van der Waals surface area contributed by atoms with Crippen LogP contribution in [0, 0.1) is 0 Å². The van der Waals surface area contributed by atoms with Crippen molar-refractivity contribution in [3.8, 4) is 0 Å². The molecule has 0 bridgehead atoms. The molecule has 1 aromatic rings. The van der Waals surface area contributed by atoms with E-state index in [1.807, 2.05) is 0 Å². The number of pyridine rings is 1. The summed E-state index contributed by atoms with van der Waals surface area (Å²) < 4.78 is 6.29. The molecule has 0 aliphatic carbocycles. The molecule has 1 atom stereocenters. The van der Waals surface area contributed by atoms with E-state index in [4.69, 9.17) is 10.5 Å². The molecule has 0 radical (unpaired) electrons. The molecule has 0 saturated carbocycles. The maximum Gasteiger partial charge on any atom is 0.225 e. The van der Waals surface area contributed by atoms with E-state index in [1.165, 1.54) is 12.6 Å². The Hall–Kier alpha value is -1.14. The van der Waals surface area contributed by atoms with Crippen LogP contribution in [0.2, 0.25) is 0 Å². The molecule has 1 saturated heterocycles. The van der Waals surface area contributed by atoms with Gasteiger partial charge in [-0.25, -0.2) is 4.98 Å². The Morgan fingerprint density at radius 3 is 3.11 bits per heavy atom. The molecular formula is C13H18BrN3O2. The maximum atomic E-state index is 11.8. The minimum absolute atomic E-state index is 0.0489. The van der Waals surface area contributed by atoms with Gasteiger partial charge < -0.3 is 15.8 Å². The third-order valence-electron chi connectivity index (χ3n) is 3.09. The molecule has 6 heteroatoms. The van der Waals surface area contributed by atoms with Gasteiger partial charge in [-0.05, 0) is 47.7 Å². The molecule has 3 N–H and O–H groups in total. The molecule has 19 heavy (non-hydrogen) atoms. The summed E-state index contributed by atoms with van der Waals surface area (Å²) in [6.45, 7) is 0.817. The Kier molecular flexibility index (Phi) is 5.15. The van der Waals surface area contributed by atoms with Gasteiger partial charge in [-0.3, -0.25) is 4.79 Å². The highest BCUT2D eigenvalue weighted by Gasteiger charge is 2.15. The molecule has 2 rings (SSSR count). The second-order valence-corrected chi connectivity index (χ2v) is 5.53. The zero-order valence-corrected chi connectivity index (χ0v) is 12.3. The number of hydrogen-bond acceptors (Lipinski definition) is 4. The van der Waals surface area contributed by atoms with Crippen LogP contribution in [0.1, 0.15) is 32.1 Å². The van der Waals surface area contributed by atoms with Crippen molar-refractivity contribution in [1.82, 2.24) is 4.98 Å². The van der Waals surface area contributed by atoms with Gasteiger partial charge in [0.15, 0.2) is 0 Å². The van der Waals surface area contributed by atoms with Gasteiger partial charge in [-0.15, -0.1) is 0 Å². The molecule has 104 valence electrons. The average molecular weight is 328 g/mol. The maximum absolute atomic E-state index is 11.8. The Bertz CT molecular complexity index is 448. The fraction of sp³-hybridized carbons (Fsp3) is 0.538. The number of nitrogens with two attached hydrogens (primary N) is 1. The van der Waals surface area contributed by atoms with Crippen LogP contribution in [0.15, 0.2) is 16.7 Å². The molecule has 1 aromatic heterocycles. The normalized spacial score (nSPS) is 19.1. The second kappa shape index (κ2) is 6.86. The van der Waals surface area contributed by atoms with Gasteiger partial charge in [0.25, 0.3) is 0 Å². The van der Waals surface area contributed by atoms with E-state index in [-0.39, 0.29) is 12.0 Å². The topological polar surface area (TPSA) is 77.2 Å². The predicted octanol–water partition coefficient (Wildman–Crippen LogP) is 2.71. The van der Waals surface area contributed by atoms with Crippen molar-refractivity contribution in [2.24, 2.45) is 0 Å². The van der Waals surface area contributed by atoms with Crippen LogP contribution in [0.4, 0.5) is 11.5 Å². The van der Waals surface area contributed by atoms with Crippen molar-refractivity contribution in [1.29, 1.82) is 0 Å². The molecule has 1 unspecified atom stereocenters. The minimum Gasteiger partial charge on any atom is -0.397 e. The highest BCUT2D eigenvalue weighted by molar-refractivity contribution is 9.10. The van der Waals surface area contributed by atoms with Gasteiger partial charge in [0.2, 0.25) is 5.91 Å². The summed E-state index contributed by atoms with van der Waals surface area (Å²) in [5, 5.41) is 2.77. The Labute approximate surface area is 121 Å². The molecule has 5 nitrogen and oxygen atoms in total. The average Bonchev–Trinajstić information content (AvgIpc) is 2.41. The summed E-state index contributed by atoms with van der Waals surface area (Å²) in [6, 6.07) is 1.72. The van der Waals surface area contributed by atoms with E-state index in [9.17, 15) is 4.79 Å². The molecule has 0 spiro atoms. The van der Waals surface area contributed by atoms with Crippen LogP contribution in [-0.2, 0) is 9.53 Å². The lowest BCUT2D eigenvalue weighted by molar-refractivity contribution is -0.117. The summed E-state index contributed by atoms with van der Waals surface area (Å²) in [4.78, 5) is 15.9. The van der Waals surface area contributed by atoms with Crippen molar-refractivity contribution in [2.45, 2.75) is 38.2 Å². The van der Waals surface area contributed by atoms with Crippen LogP contribution in [0.3, 0.4) is 0 Å². The zero-order chi connectivity index (χ0) is 13.7. The second-order valence-electron chi connectivity index (χ2n) is 4.67. The van der Waals surface area contributed by atoms with Gasteiger partial charge in [0.1, 0.15) is 5.82 Å². The lowest BCUT2D eigenvalue weighted by Crippen LogP contribution is -2.22. The van der Waals surface area contributed by atoms with E-state index >= 15 is 0 Å². The monoisotopic (exact) mass is 327 g/mol. The number of ether oxygens (including phenoxy) is 1. The summed E-state index contributed by atoms with van der Waals surface area (Å²) in [5.74, 6) is 0.455. The number of amides is 1. The third kappa shape index (κ3) is 4.47. The fourth-order valence-corrected chi connectivity index (χ4v) is 2.53. The molecule has 2 heterocycles. The fourth-order valence-electron chi connectivity index (χ4n) is 2.07. The first-order chi connectivity index (χ1) is 9.15. The number of nitrogens with one attached hydrogen (secondary N) is 1. The number of anilines is 2. The summed E-state index contributed by atoms with van der Waals surface area (Å²) in [5.41, 5.74) is 6.15. The third-order valence-corrected chi connectivity index (χ3v) is 3.69. The predicted molar refractivity (Wildman–Crippen MR) is 77.8 cm³/mol. The van der Waals surface area contributed by atoms with Crippen LogP contribution in [0.5, 0.6) is 0 Å². The number of hydrogen-bond donors (Lipinski definition) is 2. The van der Waals surface area contributed by atoms with Crippen molar-refractivity contribution in [3.05, 3.63) is 16.7 Å². The van der Waals surface area contributed by atoms with Gasteiger partial charge in [0, 0.05) is 13.0 Å². The van der Waals surface area contributed by atoms with Gasteiger partial charge in [-0.2, -0.15) is 0 Å². The number of nitrogen functional groups attached to an aromatic ring is 1. The Morgan fingerprint density at radius 1 is 1.58 bits per heavy atom. The molecule has 0 aromatic carbocycles. The summed E-state index contributed by atoms with van der Waals surface area (Å²) in [6.07, 6.45) is 6.33. The number of halogens is 1. The highest BCUT2D eigenvalue weighted by Crippen LogP contribution is 2.22. The molecule has 1 aliphatic heterocycles. The first-order valence-corrected chi connectivity index (χ1v) is 7.27. The lowest BCUT2D eigenvalue weighted by atomic mass is 10.0. The smallest absolute Gasteiger partial charge is 0.225 e. The molecule has 1 aliphatic rings.